The summed E-state index contributed by atoms with van der Waals surface area (Å²) in [7, 11) is 1.59. The molecule has 3 aromatic heterocycles. The largest absolute Gasteiger partial charge is 0.495 e. The van der Waals surface area contributed by atoms with E-state index < -0.39 is 0 Å². The van der Waals surface area contributed by atoms with Crippen molar-refractivity contribution in [1.29, 1.82) is 0 Å². The van der Waals surface area contributed by atoms with Crippen LogP contribution < -0.4 is 14.8 Å². The van der Waals surface area contributed by atoms with Crippen LogP contribution >= 0.6 is 0 Å². The first-order valence-electron chi connectivity index (χ1n) is 7.46. The highest BCUT2D eigenvalue weighted by Gasteiger charge is 2.08. The summed E-state index contributed by atoms with van der Waals surface area (Å²) >= 11 is 0. The van der Waals surface area contributed by atoms with E-state index in [-0.39, 0.29) is 6.10 Å². The van der Waals surface area contributed by atoms with Gasteiger partial charge in [0, 0.05) is 12.3 Å². The van der Waals surface area contributed by atoms with E-state index in [0.717, 1.165) is 5.75 Å². The van der Waals surface area contributed by atoms with Crippen molar-refractivity contribution in [2.45, 2.75) is 20.0 Å². The average Bonchev–Trinajstić information content (AvgIpc) is 3.03. The molecule has 8 nitrogen and oxygen atoms in total. The maximum atomic E-state index is 5.64. The lowest BCUT2D eigenvalue weighted by Crippen LogP contribution is -2.06. The van der Waals surface area contributed by atoms with Crippen LogP contribution in [0, 0.1) is 0 Å². The number of rotatable bonds is 6. The molecule has 0 spiro atoms. The van der Waals surface area contributed by atoms with Gasteiger partial charge >= 0.3 is 0 Å². The normalized spacial score (nSPS) is 10.7. The maximum Gasteiger partial charge on any atom is 0.248 e. The summed E-state index contributed by atoms with van der Waals surface area (Å²) in [6.45, 7) is 3.94. The van der Waals surface area contributed by atoms with Crippen LogP contribution in [0.2, 0.25) is 0 Å². The van der Waals surface area contributed by atoms with Gasteiger partial charge in [-0.25, -0.2) is 9.97 Å². The van der Waals surface area contributed by atoms with Crippen LogP contribution in [0.3, 0.4) is 0 Å². The Hall–Kier alpha value is -3.16. The van der Waals surface area contributed by atoms with Crippen molar-refractivity contribution in [2.24, 2.45) is 0 Å². The molecule has 0 bridgehead atoms. The number of aromatic nitrogens is 5. The van der Waals surface area contributed by atoms with Crippen LogP contribution in [0.1, 0.15) is 13.8 Å². The number of nitrogens with zero attached hydrogens (tertiary/aromatic N) is 4. The smallest absolute Gasteiger partial charge is 0.248 e. The fourth-order valence-electron chi connectivity index (χ4n) is 2.01. The van der Waals surface area contributed by atoms with Crippen molar-refractivity contribution in [2.75, 3.05) is 12.4 Å². The quantitative estimate of drug-likeness (QED) is 0.718. The molecule has 124 valence electrons. The summed E-state index contributed by atoms with van der Waals surface area (Å²) in [5.41, 5.74) is 0.668. The molecule has 2 N–H and O–H groups in total. The molecule has 0 aromatic carbocycles. The molecular weight excluding hydrogens is 308 g/mol. The van der Waals surface area contributed by atoms with Crippen LogP contribution in [0.25, 0.3) is 11.5 Å². The van der Waals surface area contributed by atoms with Crippen molar-refractivity contribution >= 4 is 11.8 Å². The average molecular weight is 326 g/mol. The van der Waals surface area contributed by atoms with Gasteiger partial charge in [0.1, 0.15) is 23.0 Å². The summed E-state index contributed by atoms with van der Waals surface area (Å²) in [6, 6.07) is 7.21. The molecular formula is C16H18N6O2. The van der Waals surface area contributed by atoms with Gasteiger partial charge in [-0.2, -0.15) is 4.98 Å². The zero-order valence-electron chi connectivity index (χ0n) is 13.6. The zero-order valence-corrected chi connectivity index (χ0v) is 13.6. The van der Waals surface area contributed by atoms with Crippen LogP contribution in [0.4, 0.5) is 11.8 Å². The van der Waals surface area contributed by atoms with E-state index in [1.54, 1.807) is 37.7 Å². The molecule has 0 aliphatic heterocycles. The lowest BCUT2D eigenvalue weighted by atomic mass is 10.3. The molecule has 24 heavy (non-hydrogen) atoms. The zero-order chi connectivity index (χ0) is 16.9. The van der Waals surface area contributed by atoms with Gasteiger partial charge in [-0.3, -0.25) is 5.10 Å². The lowest BCUT2D eigenvalue weighted by Gasteiger charge is -2.10. The molecule has 0 radical (unpaired) electrons. The molecule has 8 heteroatoms. The molecule has 0 aliphatic carbocycles. The van der Waals surface area contributed by atoms with Crippen LogP contribution in [-0.4, -0.2) is 38.4 Å². The van der Waals surface area contributed by atoms with E-state index in [1.165, 1.54) is 0 Å². The topological polar surface area (TPSA) is 97.8 Å². The van der Waals surface area contributed by atoms with Gasteiger partial charge in [-0.15, -0.1) is 5.10 Å². The van der Waals surface area contributed by atoms with Crippen molar-refractivity contribution < 1.29 is 9.47 Å². The molecule has 3 aromatic rings. The summed E-state index contributed by atoms with van der Waals surface area (Å²) < 4.78 is 10.7. The minimum atomic E-state index is 0.0940. The minimum Gasteiger partial charge on any atom is -0.495 e. The van der Waals surface area contributed by atoms with Gasteiger partial charge < -0.3 is 14.8 Å². The molecule has 0 atom stereocenters. The number of pyridine rings is 2. The number of anilines is 2. The fourth-order valence-corrected chi connectivity index (χ4v) is 2.01. The molecule has 0 fully saturated rings. The van der Waals surface area contributed by atoms with Crippen molar-refractivity contribution in [1.82, 2.24) is 25.1 Å². The molecule has 3 rings (SSSR count). The number of methoxy groups -OCH3 is 1. The van der Waals surface area contributed by atoms with E-state index in [1.807, 2.05) is 19.9 Å². The number of hydrogen-bond acceptors (Lipinski definition) is 7. The number of aromatic amines is 1. The Morgan fingerprint density at radius 1 is 1.12 bits per heavy atom. The van der Waals surface area contributed by atoms with Gasteiger partial charge in [-0.1, -0.05) is 0 Å². The van der Waals surface area contributed by atoms with Gasteiger partial charge in [0.2, 0.25) is 5.95 Å². The van der Waals surface area contributed by atoms with Crippen molar-refractivity contribution in [3.05, 3.63) is 36.7 Å². The third-order valence-corrected chi connectivity index (χ3v) is 3.04. The van der Waals surface area contributed by atoms with Crippen molar-refractivity contribution in [3.63, 3.8) is 0 Å². The fraction of sp³-hybridized carbons (Fsp3) is 0.250. The van der Waals surface area contributed by atoms with Crippen LogP contribution in [0.15, 0.2) is 36.7 Å². The Bertz CT molecular complexity index is 800. The van der Waals surface area contributed by atoms with Gasteiger partial charge in [0.05, 0.1) is 19.4 Å². The highest BCUT2D eigenvalue weighted by Crippen LogP contribution is 2.20. The molecule has 0 aliphatic rings. The van der Waals surface area contributed by atoms with E-state index in [4.69, 9.17) is 9.47 Å². The maximum absolute atomic E-state index is 5.64. The van der Waals surface area contributed by atoms with E-state index >= 15 is 0 Å². The minimum absolute atomic E-state index is 0.0940. The molecule has 0 saturated heterocycles. The third kappa shape index (κ3) is 3.78. The second-order valence-corrected chi connectivity index (χ2v) is 5.26. The van der Waals surface area contributed by atoms with Crippen molar-refractivity contribution in [3.8, 4) is 23.0 Å². The predicted molar refractivity (Wildman–Crippen MR) is 89.4 cm³/mol. The summed E-state index contributed by atoms with van der Waals surface area (Å²) in [4.78, 5) is 12.9. The standard InChI is InChI=1S/C16H18N6O2/c1-10(2)24-11-6-7-17-14(8-11)19-16-20-15(21-22-16)13-5-4-12(23-3)9-18-13/h4-10H,1-3H3,(H2,17,19,20,21,22). The SMILES string of the molecule is COc1ccc(-c2nc(Nc3cc(OC(C)C)ccn3)n[nH]2)nc1. The Morgan fingerprint density at radius 2 is 2.00 bits per heavy atom. The summed E-state index contributed by atoms with van der Waals surface area (Å²) in [6.07, 6.45) is 3.38. The van der Waals surface area contributed by atoms with Crippen LogP contribution in [-0.2, 0) is 0 Å². The van der Waals surface area contributed by atoms with Gasteiger partial charge in [-0.05, 0) is 32.0 Å². The summed E-state index contributed by atoms with van der Waals surface area (Å²) in [5, 5.41) is 10.00. The second kappa shape index (κ2) is 6.95. The highest BCUT2D eigenvalue weighted by atomic mass is 16.5. The Balaban J connectivity index is 1.73. The Labute approximate surface area is 139 Å². The first kappa shape index (κ1) is 15.7. The molecule has 0 saturated carbocycles. The highest BCUT2D eigenvalue weighted by molar-refractivity contribution is 5.55. The van der Waals surface area contributed by atoms with E-state index in [2.05, 4.69) is 30.5 Å². The monoisotopic (exact) mass is 326 g/mol. The first-order valence-corrected chi connectivity index (χ1v) is 7.46. The Morgan fingerprint density at radius 3 is 2.71 bits per heavy atom. The van der Waals surface area contributed by atoms with Crippen LogP contribution in [0.5, 0.6) is 11.5 Å². The van der Waals surface area contributed by atoms with E-state index in [0.29, 0.717) is 29.0 Å². The third-order valence-electron chi connectivity index (χ3n) is 3.04. The van der Waals surface area contributed by atoms with Gasteiger partial charge in [0.15, 0.2) is 5.82 Å². The number of hydrogen-bond donors (Lipinski definition) is 2. The predicted octanol–water partition coefficient (Wildman–Crippen LogP) is 2.80. The molecule has 0 amide bonds. The molecule has 3 heterocycles. The number of H-pyrrole nitrogens is 1. The Kier molecular flexibility index (Phi) is 4.55. The lowest BCUT2D eigenvalue weighted by molar-refractivity contribution is 0.242. The number of ether oxygens (including phenoxy) is 2. The second-order valence-electron chi connectivity index (χ2n) is 5.26. The number of nitrogens with one attached hydrogen (secondary N) is 2. The summed E-state index contributed by atoms with van der Waals surface area (Å²) in [5.74, 6) is 2.96. The van der Waals surface area contributed by atoms with E-state index in [9.17, 15) is 0 Å². The molecule has 0 unspecified atom stereocenters. The first-order chi connectivity index (χ1) is 11.6. The van der Waals surface area contributed by atoms with Gasteiger partial charge in [0.25, 0.3) is 0 Å².